The lowest BCUT2D eigenvalue weighted by atomic mass is 10.1. The SMILES string of the molecule is NC(=O)C1NC(=O)NCc2sccc21. The number of fused-ring (bicyclic) bond motifs is 1. The van der Waals surface area contributed by atoms with Crippen molar-refractivity contribution in [3.8, 4) is 0 Å². The third-order valence-electron chi connectivity index (χ3n) is 2.06. The average molecular weight is 211 g/mol. The number of primary amides is 1. The normalized spacial score (nSPS) is 20.3. The molecule has 6 heteroatoms. The summed E-state index contributed by atoms with van der Waals surface area (Å²) in [5.74, 6) is -0.540. The maximum Gasteiger partial charge on any atom is 0.316 e. The van der Waals surface area contributed by atoms with Crippen molar-refractivity contribution >= 4 is 23.3 Å². The fourth-order valence-electron chi connectivity index (χ4n) is 1.40. The molecule has 1 aromatic rings. The first-order valence-electron chi connectivity index (χ1n) is 4.08. The monoisotopic (exact) mass is 211 g/mol. The first-order valence-corrected chi connectivity index (χ1v) is 4.96. The molecular formula is C8H9N3O2S. The minimum absolute atomic E-state index is 0.364. The highest BCUT2D eigenvalue weighted by atomic mass is 32.1. The van der Waals surface area contributed by atoms with Gasteiger partial charge in [-0.25, -0.2) is 4.79 Å². The molecule has 5 nitrogen and oxygen atoms in total. The molecule has 1 aliphatic rings. The number of amides is 3. The lowest BCUT2D eigenvalue weighted by Gasteiger charge is -2.11. The van der Waals surface area contributed by atoms with E-state index in [1.165, 1.54) is 11.3 Å². The van der Waals surface area contributed by atoms with Gasteiger partial charge in [0, 0.05) is 4.88 Å². The van der Waals surface area contributed by atoms with E-state index < -0.39 is 11.9 Å². The van der Waals surface area contributed by atoms with Gasteiger partial charge in [-0.1, -0.05) is 0 Å². The molecule has 0 saturated heterocycles. The summed E-state index contributed by atoms with van der Waals surface area (Å²) in [6, 6.07) is 0.735. The third kappa shape index (κ3) is 1.44. The van der Waals surface area contributed by atoms with Crippen molar-refractivity contribution in [3.05, 3.63) is 21.9 Å². The smallest absolute Gasteiger partial charge is 0.316 e. The van der Waals surface area contributed by atoms with Crippen molar-refractivity contribution in [3.63, 3.8) is 0 Å². The second-order valence-corrected chi connectivity index (χ2v) is 3.96. The van der Waals surface area contributed by atoms with Crippen molar-refractivity contribution in [2.45, 2.75) is 12.6 Å². The average Bonchev–Trinajstić information content (AvgIpc) is 2.52. The zero-order valence-electron chi connectivity index (χ0n) is 7.24. The van der Waals surface area contributed by atoms with E-state index in [1.54, 1.807) is 0 Å². The van der Waals surface area contributed by atoms with Crippen LogP contribution in [0.2, 0.25) is 0 Å². The van der Waals surface area contributed by atoms with E-state index in [4.69, 9.17) is 5.73 Å². The Morgan fingerprint density at radius 2 is 2.43 bits per heavy atom. The number of hydrogen-bond acceptors (Lipinski definition) is 3. The molecule has 4 N–H and O–H groups in total. The maximum atomic E-state index is 11.1. The molecule has 0 radical (unpaired) electrons. The summed E-state index contributed by atoms with van der Waals surface area (Å²) in [5, 5.41) is 7.00. The molecule has 0 fully saturated rings. The second-order valence-electron chi connectivity index (χ2n) is 2.96. The standard InChI is InChI=1S/C8H9N3O2S/c9-7(12)6-4-1-2-14-5(4)3-10-8(13)11-6/h1-2,6H,3H2,(H2,9,12)(H2,10,11,13). The molecule has 1 atom stereocenters. The van der Waals surface area contributed by atoms with Gasteiger partial charge < -0.3 is 16.4 Å². The van der Waals surface area contributed by atoms with Crippen LogP contribution >= 0.6 is 11.3 Å². The second kappa shape index (κ2) is 3.30. The summed E-state index contributed by atoms with van der Waals surface area (Å²) in [6.45, 7) is 0.447. The van der Waals surface area contributed by atoms with Crippen LogP contribution in [0.25, 0.3) is 0 Å². The predicted octanol–water partition coefficient (Wildman–Crippen LogP) is 0.0873. The van der Waals surface area contributed by atoms with Crippen LogP contribution < -0.4 is 16.4 Å². The van der Waals surface area contributed by atoms with Gasteiger partial charge in [0.25, 0.3) is 0 Å². The Morgan fingerprint density at radius 3 is 3.14 bits per heavy atom. The van der Waals surface area contributed by atoms with Crippen LogP contribution in [0.15, 0.2) is 11.4 Å². The lowest BCUT2D eigenvalue weighted by molar-refractivity contribution is -0.119. The Hall–Kier alpha value is -1.56. The minimum Gasteiger partial charge on any atom is -0.368 e. The van der Waals surface area contributed by atoms with E-state index >= 15 is 0 Å². The highest BCUT2D eigenvalue weighted by molar-refractivity contribution is 7.10. The molecule has 74 valence electrons. The Labute approximate surface area is 84.3 Å². The molecule has 1 unspecified atom stereocenters. The van der Waals surface area contributed by atoms with Gasteiger partial charge in [-0.15, -0.1) is 11.3 Å². The summed E-state index contributed by atoms with van der Waals surface area (Å²) in [5.41, 5.74) is 5.99. The topological polar surface area (TPSA) is 84.2 Å². The number of hydrogen-bond donors (Lipinski definition) is 3. The van der Waals surface area contributed by atoms with Crippen LogP contribution in [0, 0.1) is 0 Å². The first kappa shape index (κ1) is 9.01. The third-order valence-corrected chi connectivity index (χ3v) is 3.00. The molecule has 0 aliphatic carbocycles. The van der Waals surface area contributed by atoms with Crippen LogP contribution in [0.5, 0.6) is 0 Å². The fourth-order valence-corrected chi connectivity index (χ4v) is 2.25. The Morgan fingerprint density at radius 1 is 1.64 bits per heavy atom. The van der Waals surface area contributed by atoms with E-state index in [0.29, 0.717) is 6.54 Å². The molecule has 2 heterocycles. The van der Waals surface area contributed by atoms with Crippen molar-refractivity contribution in [1.29, 1.82) is 0 Å². The van der Waals surface area contributed by atoms with Gasteiger partial charge in [0.05, 0.1) is 6.54 Å². The number of nitrogens with one attached hydrogen (secondary N) is 2. The highest BCUT2D eigenvalue weighted by Gasteiger charge is 2.26. The van der Waals surface area contributed by atoms with Crippen molar-refractivity contribution in [2.75, 3.05) is 0 Å². The van der Waals surface area contributed by atoms with Gasteiger partial charge in [-0.3, -0.25) is 4.79 Å². The summed E-state index contributed by atoms with van der Waals surface area (Å²) in [6.07, 6.45) is 0. The zero-order chi connectivity index (χ0) is 10.1. The first-order chi connectivity index (χ1) is 6.68. The van der Waals surface area contributed by atoms with Crippen LogP contribution in [0.1, 0.15) is 16.5 Å². The molecule has 14 heavy (non-hydrogen) atoms. The molecule has 0 aromatic carbocycles. The van der Waals surface area contributed by atoms with Gasteiger partial charge >= 0.3 is 6.03 Å². The number of rotatable bonds is 1. The summed E-state index contributed by atoms with van der Waals surface area (Å²) in [4.78, 5) is 23.2. The molecule has 1 aromatic heterocycles. The van der Waals surface area contributed by atoms with Gasteiger partial charge in [-0.2, -0.15) is 0 Å². The number of thiophene rings is 1. The number of urea groups is 1. The molecule has 1 aliphatic heterocycles. The zero-order valence-corrected chi connectivity index (χ0v) is 8.06. The fraction of sp³-hybridized carbons (Fsp3) is 0.250. The summed E-state index contributed by atoms with van der Waals surface area (Å²) in [7, 11) is 0. The van der Waals surface area contributed by atoms with E-state index in [9.17, 15) is 9.59 Å². The number of carbonyl (C=O) groups is 2. The van der Waals surface area contributed by atoms with Crippen LogP contribution in [-0.4, -0.2) is 11.9 Å². The minimum atomic E-state index is -0.709. The Kier molecular flexibility index (Phi) is 2.12. The maximum absolute atomic E-state index is 11.1. The molecular weight excluding hydrogens is 202 g/mol. The molecule has 0 saturated carbocycles. The van der Waals surface area contributed by atoms with Crippen LogP contribution in [0.3, 0.4) is 0 Å². The lowest BCUT2D eigenvalue weighted by Crippen LogP contribution is -2.40. The molecule has 3 amide bonds. The number of nitrogens with two attached hydrogens (primary N) is 1. The van der Waals surface area contributed by atoms with Crippen LogP contribution in [0.4, 0.5) is 4.79 Å². The van der Waals surface area contributed by atoms with E-state index in [-0.39, 0.29) is 6.03 Å². The van der Waals surface area contributed by atoms with Crippen molar-refractivity contribution in [1.82, 2.24) is 10.6 Å². The molecule has 0 bridgehead atoms. The van der Waals surface area contributed by atoms with E-state index in [1.807, 2.05) is 11.4 Å². The van der Waals surface area contributed by atoms with Crippen LogP contribution in [-0.2, 0) is 11.3 Å². The van der Waals surface area contributed by atoms with Crippen molar-refractivity contribution in [2.24, 2.45) is 5.73 Å². The summed E-state index contributed by atoms with van der Waals surface area (Å²) < 4.78 is 0. The van der Waals surface area contributed by atoms with Gasteiger partial charge in [0.15, 0.2) is 0 Å². The van der Waals surface area contributed by atoms with Crippen molar-refractivity contribution < 1.29 is 9.59 Å². The summed E-state index contributed by atoms with van der Waals surface area (Å²) >= 11 is 1.50. The Balaban J connectivity index is 2.40. The number of carbonyl (C=O) groups excluding carboxylic acids is 2. The molecule has 0 spiro atoms. The molecule has 2 rings (SSSR count). The van der Waals surface area contributed by atoms with Gasteiger partial charge in [0.1, 0.15) is 6.04 Å². The van der Waals surface area contributed by atoms with E-state index in [2.05, 4.69) is 10.6 Å². The van der Waals surface area contributed by atoms with Gasteiger partial charge in [-0.05, 0) is 17.0 Å². The quantitative estimate of drug-likeness (QED) is 0.615. The largest absolute Gasteiger partial charge is 0.368 e. The Bertz CT molecular complexity index is 388. The predicted molar refractivity (Wildman–Crippen MR) is 51.6 cm³/mol. The van der Waals surface area contributed by atoms with E-state index in [0.717, 1.165) is 10.4 Å². The van der Waals surface area contributed by atoms with Gasteiger partial charge in [0.2, 0.25) is 5.91 Å². The highest BCUT2D eigenvalue weighted by Crippen LogP contribution is 2.25.